The third-order valence-corrected chi connectivity index (χ3v) is 11.2. The van der Waals surface area contributed by atoms with Gasteiger partial charge in [0.05, 0.1) is 22.2 Å². The van der Waals surface area contributed by atoms with Crippen LogP contribution in [-0.2, 0) is 26.5 Å². The summed E-state index contributed by atoms with van der Waals surface area (Å²) in [6, 6.07) is 27.6. The first-order valence-corrected chi connectivity index (χ1v) is 19.8. The lowest BCUT2D eigenvalue weighted by atomic mass is 9.92. The van der Waals surface area contributed by atoms with Gasteiger partial charge in [-0.3, -0.25) is 10.1 Å². The lowest BCUT2D eigenvalue weighted by Gasteiger charge is -2.29. The molecule has 0 amide bonds. The number of hydrogen-bond acceptors (Lipinski definition) is 8. The minimum absolute atomic E-state index is 0.0800. The Balaban J connectivity index is 1.60. The van der Waals surface area contributed by atoms with E-state index in [0.29, 0.717) is 12.2 Å². The van der Waals surface area contributed by atoms with Crippen LogP contribution in [0.15, 0.2) is 119 Å². The average Bonchev–Trinajstić information content (AvgIpc) is 3.04. The van der Waals surface area contributed by atoms with E-state index in [-0.39, 0.29) is 29.6 Å². The van der Waals surface area contributed by atoms with Gasteiger partial charge in [0.2, 0.25) is 20.0 Å². The number of rotatable bonds is 17. The van der Waals surface area contributed by atoms with Crippen molar-refractivity contribution >= 4 is 48.3 Å². The third kappa shape index (κ3) is 11.0. The fourth-order valence-corrected chi connectivity index (χ4v) is 8.63. The highest BCUT2D eigenvalue weighted by Gasteiger charge is 2.30. The van der Waals surface area contributed by atoms with Crippen molar-refractivity contribution in [2.24, 2.45) is 11.8 Å². The van der Waals surface area contributed by atoms with Crippen molar-refractivity contribution in [3.63, 3.8) is 0 Å². The molecule has 0 radical (unpaired) electrons. The summed E-state index contributed by atoms with van der Waals surface area (Å²) < 4.78 is 56.0. The maximum atomic E-state index is 13.7. The molecule has 0 saturated heterocycles. The van der Waals surface area contributed by atoms with E-state index in [9.17, 15) is 32.1 Å². The van der Waals surface area contributed by atoms with Gasteiger partial charge in [-0.25, -0.2) is 21.6 Å². The zero-order valence-corrected chi connectivity index (χ0v) is 29.5. The molecule has 3 atom stereocenters. The number of nitrogens with zero attached hydrogens (tertiary/aromatic N) is 2. The summed E-state index contributed by atoms with van der Waals surface area (Å²) in [5.41, 5.74) is 0.687. The highest BCUT2D eigenvalue weighted by atomic mass is 32.2. The predicted octanol–water partition coefficient (Wildman–Crippen LogP) is 5.88. The van der Waals surface area contributed by atoms with Gasteiger partial charge in [-0.2, -0.15) is 4.31 Å². The van der Waals surface area contributed by atoms with Gasteiger partial charge in [-0.05, 0) is 52.9 Å². The van der Waals surface area contributed by atoms with Crippen molar-refractivity contribution in [2.45, 2.75) is 42.2 Å². The molecule has 13 heteroatoms. The van der Waals surface area contributed by atoms with E-state index in [0.717, 1.165) is 39.6 Å². The van der Waals surface area contributed by atoms with E-state index in [1.165, 1.54) is 28.2 Å². The maximum absolute atomic E-state index is 13.7. The van der Waals surface area contributed by atoms with Gasteiger partial charge < -0.3 is 5.11 Å². The minimum Gasteiger partial charge on any atom is -0.391 e. The van der Waals surface area contributed by atoms with E-state index >= 15 is 0 Å². The Morgan fingerprint density at radius 2 is 1.52 bits per heavy atom. The highest BCUT2D eigenvalue weighted by Crippen LogP contribution is 2.26. The highest BCUT2D eigenvalue weighted by molar-refractivity contribution is 7.99. The molecule has 48 heavy (non-hydrogen) atoms. The number of non-ortho nitro benzene ring substituents is 1. The number of aliphatic hydroxyl groups is 1. The maximum Gasteiger partial charge on any atom is 0.269 e. The van der Waals surface area contributed by atoms with Gasteiger partial charge in [0.25, 0.3) is 5.69 Å². The SMILES string of the molecule is CC(C)CN(C[C@H](O)[C@@H](/C=C/[C@@H](CSc1ccc2ccccc2c1)NS(C)(=O)=O)Cc1ccccc1)S(=O)(=O)c1ccc([N+](=O)[O-])cc1. The molecule has 0 unspecified atom stereocenters. The molecule has 4 aromatic rings. The molecule has 0 spiro atoms. The summed E-state index contributed by atoms with van der Waals surface area (Å²) in [7, 11) is -7.71. The standard InChI is InChI=1S/C35H41N3O7S3/c1-26(2)23-37(48(44,45)34-19-16-32(17-20-34)38(40)41)24-35(39)30(21-27-9-5-4-6-10-27)13-15-31(36-47(3,42)43)25-46-33-18-14-28-11-7-8-12-29(28)22-33/h4-20,22,26,30-31,35-36,39H,21,23-25H2,1-3H3/b15-13+/t30-,31-,35-/m0/s1. The number of nitro groups is 1. The molecule has 4 aromatic carbocycles. The molecule has 0 aliphatic rings. The van der Waals surface area contributed by atoms with Crippen LogP contribution in [0.2, 0.25) is 0 Å². The van der Waals surface area contributed by atoms with Crippen LogP contribution in [0, 0.1) is 22.0 Å². The van der Waals surface area contributed by atoms with E-state index < -0.39 is 43.0 Å². The second kappa shape index (κ2) is 16.7. The van der Waals surface area contributed by atoms with Crippen molar-refractivity contribution in [3.05, 3.63) is 125 Å². The molecule has 0 aromatic heterocycles. The molecular weight excluding hydrogens is 671 g/mol. The van der Waals surface area contributed by atoms with E-state index in [1.807, 2.05) is 80.6 Å². The van der Waals surface area contributed by atoms with Crippen molar-refractivity contribution in [1.29, 1.82) is 0 Å². The first-order chi connectivity index (χ1) is 22.7. The number of nitro benzene ring substituents is 1. The Labute approximate surface area is 287 Å². The molecule has 256 valence electrons. The molecule has 0 bridgehead atoms. The van der Waals surface area contributed by atoms with Gasteiger partial charge in [-0.15, -0.1) is 11.8 Å². The normalized spacial score (nSPS) is 14.5. The van der Waals surface area contributed by atoms with Crippen molar-refractivity contribution < 1.29 is 26.9 Å². The minimum atomic E-state index is -4.12. The number of hydrogen-bond donors (Lipinski definition) is 2. The summed E-state index contributed by atoms with van der Waals surface area (Å²) in [5, 5.41) is 24.9. The molecule has 0 fully saturated rings. The molecule has 10 nitrogen and oxygen atoms in total. The van der Waals surface area contributed by atoms with Gasteiger partial charge >= 0.3 is 0 Å². The van der Waals surface area contributed by atoms with Crippen LogP contribution in [0.4, 0.5) is 5.69 Å². The largest absolute Gasteiger partial charge is 0.391 e. The monoisotopic (exact) mass is 711 g/mol. The quantitative estimate of drug-likeness (QED) is 0.0598. The second-order valence-electron chi connectivity index (χ2n) is 12.1. The Morgan fingerprint density at radius 1 is 0.875 bits per heavy atom. The summed E-state index contributed by atoms with van der Waals surface area (Å²) >= 11 is 1.50. The number of sulfonamides is 2. The number of nitrogens with one attached hydrogen (secondary N) is 1. The zero-order valence-electron chi connectivity index (χ0n) is 27.0. The fraction of sp³-hybridized carbons (Fsp3) is 0.314. The van der Waals surface area contributed by atoms with Crippen LogP contribution in [0.25, 0.3) is 10.8 Å². The predicted molar refractivity (Wildman–Crippen MR) is 192 cm³/mol. The lowest BCUT2D eigenvalue weighted by Crippen LogP contribution is -2.42. The molecule has 0 saturated carbocycles. The molecule has 4 rings (SSSR count). The molecule has 0 heterocycles. The van der Waals surface area contributed by atoms with Crippen molar-refractivity contribution in [3.8, 4) is 0 Å². The van der Waals surface area contributed by atoms with Crippen LogP contribution < -0.4 is 4.72 Å². The molecule has 0 aliphatic carbocycles. The summed E-state index contributed by atoms with van der Waals surface area (Å²) in [5.74, 6) is -0.281. The van der Waals surface area contributed by atoms with Crippen LogP contribution in [-0.4, -0.2) is 68.4 Å². The Bertz CT molecular complexity index is 1920. The van der Waals surface area contributed by atoms with E-state index in [1.54, 1.807) is 12.2 Å². The first-order valence-electron chi connectivity index (χ1n) is 15.4. The smallest absolute Gasteiger partial charge is 0.269 e. The number of thioether (sulfide) groups is 1. The molecule has 2 N–H and O–H groups in total. The molecule has 0 aliphatic heterocycles. The Morgan fingerprint density at radius 3 is 2.15 bits per heavy atom. The van der Waals surface area contributed by atoms with Gasteiger partial charge in [0.1, 0.15) is 0 Å². The first kappa shape index (κ1) is 37.2. The Hall–Kier alpha value is -3.59. The summed E-state index contributed by atoms with van der Waals surface area (Å²) in [6.07, 6.45) is 3.78. The third-order valence-electron chi connectivity index (χ3n) is 7.56. The van der Waals surface area contributed by atoms with Crippen molar-refractivity contribution in [2.75, 3.05) is 25.1 Å². The average molecular weight is 712 g/mol. The van der Waals surface area contributed by atoms with Crippen molar-refractivity contribution in [1.82, 2.24) is 9.03 Å². The van der Waals surface area contributed by atoms with Crippen LogP contribution in [0.1, 0.15) is 19.4 Å². The molecular formula is C35H41N3O7S3. The second-order valence-corrected chi connectivity index (χ2v) is 16.9. The van der Waals surface area contributed by atoms with Crippen LogP contribution >= 0.6 is 11.8 Å². The van der Waals surface area contributed by atoms with E-state index in [2.05, 4.69) is 10.8 Å². The van der Waals surface area contributed by atoms with Gasteiger partial charge in [0.15, 0.2) is 0 Å². The zero-order chi connectivity index (χ0) is 34.9. The number of fused-ring (bicyclic) bond motifs is 1. The Kier molecular flexibility index (Phi) is 12.9. The lowest BCUT2D eigenvalue weighted by molar-refractivity contribution is -0.384. The van der Waals surface area contributed by atoms with Gasteiger partial charge in [0, 0.05) is 47.8 Å². The fourth-order valence-electron chi connectivity index (χ4n) is 5.25. The van der Waals surface area contributed by atoms with E-state index in [4.69, 9.17) is 0 Å². The summed E-state index contributed by atoms with van der Waals surface area (Å²) in [6.45, 7) is 3.59. The number of benzene rings is 4. The summed E-state index contributed by atoms with van der Waals surface area (Å²) in [4.78, 5) is 11.4. The number of aliphatic hydroxyl groups excluding tert-OH is 1. The van der Waals surface area contributed by atoms with Crippen LogP contribution in [0.5, 0.6) is 0 Å². The van der Waals surface area contributed by atoms with Gasteiger partial charge in [-0.1, -0.05) is 86.7 Å². The van der Waals surface area contributed by atoms with Crippen LogP contribution in [0.3, 0.4) is 0 Å². The topological polar surface area (TPSA) is 147 Å².